The molecule has 3 rings (SSSR count). The topological polar surface area (TPSA) is 38.3 Å². The molecule has 4 heteroatoms. The van der Waals surface area contributed by atoms with Crippen molar-refractivity contribution in [1.82, 2.24) is 5.32 Å². The van der Waals surface area contributed by atoms with Crippen LogP contribution in [0.1, 0.15) is 54.4 Å². The number of hydrogen-bond donors (Lipinski definition) is 1. The summed E-state index contributed by atoms with van der Waals surface area (Å²) in [5, 5.41) is 3.23. The van der Waals surface area contributed by atoms with Crippen LogP contribution in [0.25, 0.3) is 0 Å². The number of benzene rings is 2. The van der Waals surface area contributed by atoms with Crippen molar-refractivity contribution in [3.8, 4) is 5.75 Å². The molecule has 138 valence electrons. The van der Waals surface area contributed by atoms with Crippen molar-refractivity contribution in [1.29, 1.82) is 0 Å². The number of amides is 1. The number of hydrogen-bond acceptors (Lipinski definition) is 3. The van der Waals surface area contributed by atoms with Gasteiger partial charge in [0.25, 0.3) is 5.91 Å². The van der Waals surface area contributed by atoms with Crippen molar-refractivity contribution in [2.75, 3.05) is 7.11 Å². The Hall–Kier alpha value is -1.94. The third-order valence-corrected chi connectivity index (χ3v) is 5.93. The molecule has 0 spiro atoms. The fourth-order valence-corrected chi connectivity index (χ4v) is 4.30. The van der Waals surface area contributed by atoms with Crippen molar-refractivity contribution in [2.24, 2.45) is 0 Å². The van der Waals surface area contributed by atoms with Crippen LogP contribution in [-0.4, -0.2) is 19.1 Å². The average molecular weight is 370 g/mol. The highest BCUT2D eigenvalue weighted by atomic mass is 32.2. The molecule has 1 N–H and O–H groups in total. The standard InChI is InChI=1S/C22H27NO2S/c1-25-21-14-13-17(22(24)23-19-9-5-2-3-6-10-19)15-18(21)16-26-20-11-7-4-8-12-20/h4,7-8,11-15,19H,2-3,5-6,9-10,16H2,1H3,(H,23,24). The van der Waals surface area contributed by atoms with E-state index in [0.29, 0.717) is 6.04 Å². The van der Waals surface area contributed by atoms with Gasteiger partial charge in [0.05, 0.1) is 7.11 Å². The smallest absolute Gasteiger partial charge is 0.251 e. The second kappa shape index (κ2) is 9.67. The largest absolute Gasteiger partial charge is 0.496 e. The van der Waals surface area contributed by atoms with Crippen LogP contribution in [-0.2, 0) is 5.75 Å². The number of carbonyl (C=O) groups excluding carboxylic acids is 1. The molecule has 0 aliphatic heterocycles. The molecule has 0 unspecified atom stereocenters. The first kappa shape index (κ1) is 18.8. The Morgan fingerprint density at radius 1 is 1.08 bits per heavy atom. The summed E-state index contributed by atoms with van der Waals surface area (Å²) in [7, 11) is 1.68. The first-order valence-corrected chi connectivity index (χ1v) is 10.4. The molecule has 0 heterocycles. The van der Waals surface area contributed by atoms with Crippen LogP contribution in [0.3, 0.4) is 0 Å². The molecule has 0 radical (unpaired) electrons. The predicted molar refractivity (Wildman–Crippen MR) is 108 cm³/mol. The van der Waals surface area contributed by atoms with Crippen molar-refractivity contribution in [2.45, 2.75) is 55.2 Å². The number of thioether (sulfide) groups is 1. The SMILES string of the molecule is COc1ccc(C(=O)NC2CCCCCC2)cc1CSc1ccccc1. The molecule has 26 heavy (non-hydrogen) atoms. The zero-order chi connectivity index (χ0) is 18.2. The molecule has 1 amide bonds. The Morgan fingerprint density at radius 2 is 1.81 bits per heavy atom. The molecule has 1 saturated carbocycles. The van der Waals surface area contributed by atoms with Gasteiger partial charge in [0.1, 0.15) is 5.75 Å². The summed E-state index contributed by atoms with van der Waals surface area (Å²) in [5.41, 5.74) is 1.77. The minimum Gasteiger partial charge on any atom is -0.496 e. The molecule has 2 aromatic carbocycles. The molecular formula is C22H27NO2S. The van der Waals surface area contributed by atoms with Gasteiger partial charge in [0.2, 0.25) is 0 Å². The summed E-state index contributed by atoms with van der Waals surface area (Å²) in [6.07, 6.45) is 7.20. The van der Waals surface area contributed by atoms with Gasteiger partial charge in [-0.25, -0.2) is 0 Å². The lowest BCUT2D eigenvalue weighted by Gasteiger charge is -2.17. The van der Waals surface area contributed by atoms with E-state index in [9.17, 15) is 4.79 Å². The number of nitrogens with one attached hydrogen (secondary N) is 1. The summed E-state index contributed by atoms with van der Waals surface area (Å²) < 4.78 is 5.49. The van der Waals surface area contributed by atoms with Gasteiger partial charge in [0.15, 0.2) is 0 Å². The van der Waals surface area contributed by atoms with Crippen LogP contribution < -0.4 is 10.1 Å². The molecule has 0 saturated heterocycles. The zero-order valence-corrected chi connectivity index (χ0v) is 16.2. The maximum Gasteiger partial charge on any atom is 0.251 e. The van der Waals surface area contributed by atoms with Crippen LogP contribution in [0.15, 0.2) is 53.4 Å². The monoisotopic (exact) mass is 369 g/mol. The highest BCUT2D eigenvalue weighted by Crippen LogP contribution is 2.29. The second-order valence-corrected chi connectivity index (χ2v) is 7.84. The van der Waals surface area contributed by atoms with Gasteiger partial charge in [-0.2, -0.15) is 0 Å². The summed E-state index contributed by atoms with van der Waals surface area (Å²) >= 11 is 1.75. The van der Waals surface area contributed by atoms with Crippen LogP contribution in [0.5, 0.6) is 5.75 Å². The third kappa shape index (κ3) is 5.28. The molecule has 2 aromatic rings. The van der Waals surface area contributed by atoms with Crippen molar-refractivity contribution in [3.63, 3.8) is 0 Å². The second-order valence-electron chi connectivity index (χ2n) is 6.79. The number of rotatable bonds is 6. The molecule has 0 bridgehead atoms. The highest BCUT2D eigenvalue weighted by molar-refractivity contribution is 7.98. The van der Waals surface area contributed by atoms with Gasteiger partial charge in [-0.1, -0.05) is 43.9 Å². The van der Waals surface area contributed by atoms with E-state index in [-0.39, 0.29) is 5.91 Å². The van der Waals surface area contributed by atoms with Crippen LogP contribution in [0, 0.1) is 0 Å². The first-order chi connectivity index (χ1) is 12.8. The summed E-state index contributed by atoms with van der Waals surface area (Å²) in [6.45, 7) is 0. The van der Waals surface area contributed by atoms with E-state index in [1.54, 1.807) is 18.9 Å². The minimum absolute atomic E-state index is 0.0329. The van der Waals surface area contributed by atoms with Gasteiger partial charge in [-0.3, -0.25) is 4.79 Å². The van der Waals surface area contributed by atoms with E-state index >= 15 is 0 Å². The van der Waals surface area contributed by atoms with Gasteiger partial charge >= 0.3 is 0 Å². The summed E-state index contributed by atoms with van der Waals surface area (Å²) in [6, 6.07) is 16.3. The maximum atomic E-state index is 12.7. The van der Waals surface area contributed by atoms with Crippen LogP contribution >= 0.6 is 11.8 Å². The fourth-order valence-electron chi connectivity index (χ4n) is 3.40. The van der Waals surface area contributed by atoms with E-state index in [2.05, 4.69) is 17.4 Å². The first-order valence-electron chi connectivity index (χ1n) is 9.42. The molecular weight excluding hydrogens is 342 g/mol. The normalized spacial score (nSPS) is 15.3. The van der Waals surface area contributed by atoms with E-state index in [1.165, 1.54) is 30.6 Å². The van der Waals surface area contributed by atoms with Gasteiger partial charge in [-0.15, -0.1) is 11.8 Å². The lowest BCUT2D eigenvalue weighted by molar-refractivity contribution is 0.0933. The molecule has 1 aliphatic carbocycles. The Labute approximate surface area is 160 Å². The quantitative estimate of drug-likeness (QED) is 0.544. The van der Waals surface area contributed by atoms with Crippen LogP contribution in [0.4, 0.5) is 0 Å². The molecule has 0 atom stereocenters. The van der Waals surface area contributed by atoms with E-state index in [0.717, 1.165) is 35.5 Å². The third-order valence-electron chi connectivity index (χ3n) is 4.87. The lowest BCUT2D eigenvalue weighted by Crippen LogP contribution is -2.34. The lowest BCUT2D eigenvalue weighted by atomic mass is 10.1. The average Bonchev–Trinajstić information content (AvgIpc) is 2.95. The van der Waals surface area contributed by atoms with Crippen LogP contribution in [0.2, 0.25) is 0 Å². The molecule has 1 aliphatic rings. The van der Waals surface area contributed by atoms with E-state index < -0.39 is 0 Å². The Morgan fingerprint density at radius 3 is 2.50 bits per heavy atom. The molecule has 0 aromatic heterocycles. The number of ether oxygens (including phenoxy) is 1. The van der Waals surface area contributed by atoms with Crippen molar-refractivity contribution < 1.29 is 9.53 Å². The minimum atomic E-state index is 0.0329. The van der Waals surface area contributed by atoms with Crippen molar-refractivity contribution >= 4 is 17.7 Å². The van der Waals surface area contributed by atoms with Gasteiger partial charge in [0, 0.05) is 27.8 Å². The van der Waals surface area contributed by atoms with Crippen molar-refractivity contribution in [3.05, 3.63) is 59.7 Å². The fraction of sp³-hybridized carbons (Fsp3) is 0.409. The Kier molecular flexibility index (Phi) is 7.01. The van der Waals surface area contributed by atoms with E-state index in [4.69, 9.17) is 4.74 Å². The predicted octanol–water partition coefficient (Wildman–Crippen LogP) is 5.44. The maximum absolute atomic E-state index is 12.7. The highest BCUT2D eigenvalue weighted by Gasteiger charge is 2.17. The molecule has 3 nitrogen and oxygen atoms in total. The van der Waals surface area contributed by atoms with E-state index in [1.807, 2.05) is 36.4 Å². The number of carbonyl (C=O) groups is 1. The summed E-state index contributed by atoms with van der Waals surface area (Å²) in [4.78, 5) is 13.9. The molecule has 1 fully saturated rings. The zero-order valence-electron chi connectivity index (χ0n) is 15.4. The van der Waals surface area contributed by atoms with Gasteiger partial charge < -0.3 is 10.1 Å². The van der Waals surface area contributed by atoms with Gasteiger partial charge in [-0.05, 0) is 43.2 Å². The summed E-state index contributed by atoms with van der Waals surface area (Å²) in [5.74, 6) is 1.64. The number of methoxy groups -OCH3 is 1. The Bertz CT molecular complexity index is 709. The Balaban J connectivity index is 1.68.